The molecule has 7 nitrogen and oxygen atoms in total. The molecule has 0 aliphatic carbocycles. The number of carbonyl (C=O) groups is 1. The molecule has 1 rings (SSSR count). The number of para-hydroxylation sites is 1. The monoisotopic (exact) mass is 300 g/mol. The molecule has 1 aromatic rings. The average molecular weight is 300 g/mol. The maximum atomic E-state index is 12.1. The zero-order valence-corrected chi connectivity index (χ0v) is 12.3. The van der Waals surface area contributed by atoms with E-state index in [1.807, 2.05) is 13.8 Å². The average Bonchev–Trinajstić information content (AvgIpc) is 2.43. The first-order valence-electron chi connectivity index (χ1n) is 6.19. The number of hydrazine groups is 1. The van der Waals surface area contributed by atoms with Crippen LogP contribution in [-0.4, -0.2) is 27.4 Å². The zero-order valence-electron chi connectivity index (χ0n) is 11.5. The number of nitrogens with two attached hydrogens (primary N) is 1. The van der Waals surface area contributed by atoms with Crippen molar-refractivity contribution in [1.82, 2.24) is 10.0 Å². The van der Waals surface area contributed by atoms with Gasteiger partial charge in [-0.3, -0.25) is 10.6 Å². The van der Waals surface area contributed by atoms with Gasteiger partial charge in [0.1, 0.15) is 4.90 Å². The van der Waals surface area contributed by atoms with Crippen LogP contribution in [0.25, 0.3) is 0 Å². The number of anilines is 1. The number of nitrogen functional groups attached to an aromatic ring is 1. The number of benzene rings is 1. The van der Waals surface area contributed by atoms with E-state index in [2.05, 4.69) is 15.5 Å². The number of sulfonamides is 1. The minimum Gasteiger partial charge on any atom is -0.355 e. The molecule has 0 bridgehead atoms. The third-order valence-corrected chi connectivity index (χ3v) is 3.92. The number of rotatable bonds is 7. The summed E-state index contributed by atoms with van der Waals surface area (Å²) in [6.07, 6.45) is 0. The molecular formula is C12H20N4O3S. The van der Waals surface area contributed by atoms with Crippen LogP contribution < -0.4 is 21.3 Å². The Hall–Kier alpha value is -1.64. The molecule has 0 spiro atoms. The second-order valence-electron chi connectivity index (χ2n) is 4.66. The molecule has 20 heavy (non-hydrogen) atoms. The van der Waals surface area contributed by atoms with Crippen molar-refractivity contribution in [2.24, 2.45) is 11.8 Å². The first kappa shape index (κ1) is 16.4. The van der Waals surface area contributed by atoms with Crippen molar-refractivity contribution in [3.05, 3.63) is 24.3 Å². The molecule has 5 N–H and O–H groups in total. The summed E-state index contributed by atoms with van der Waals surface area (Å²) in [7, 11) is -3.79. The van der Waals surface area contributed by atoms with Crippen molar-refractivity contribution in [2.45, 2.75) is 18.7 Å². The summed E-state index contributed by atoms with van der Waals surface area (Å²) in [4.78, 5) is 11.5. The molecule has 0 fully saturated rings. The van der Waals surface area contributed by atoms with Crippen molar-refractivity contribution in [3.8, 4) is 0 Å². The Labute approximate surface area is 119 Å². The molecule has 0 aromatic heterocycles. The highest BCUT2D eigenvalue weighted by Crippen LogP contribution is 2.18. The molecule has 8 heteroatoms. The van der Waals surface area contributed by atoms with E-state index in [-0.39, 0.29) is 23.0 Å². The van der Waals surface area contributed by atoms with E-state index in [0.717, 1.165) is 0 Å². The van der Waals surface area contributed by atoms with Crippen molar-refractivity contribution < 1.29 is 13.2 Å². The van der Waals surface area contributed by atoms with Crippen LogP contribution in [0.15, 0.2) is 29.2 Å². The Morgan fingerprint density at radius 1 is 1.30 bits per heavy atom. The quantitative estimate of drug-likeness (QED) is 0.419. The number of amides is 1. The molecule has 0 unspecified atom stereocenters. The van der Waals surface area contributed by atoms with Crippen LogP contribution in [0.5, 0.6) is 0 Å². The molecule has 0 saturated heterocycles. The number of carbonyl (C=O) groups excluding carboxylic acids is 1. The fraction of sp³-hybridized carbons (Fsp3) is 0.417. The molecule has 0 aliphatic rings. The summed E-state index contributed by atoms with van der Waals surface area (Å²) >= 11 is 0. The number of hydrogen-bond acceptors (Lipinski definition) is 5. The Balaban J connectivity index is 2.69. The van der Waals surface area contributed by atoms with Crippen LogP contribution in [-0.2, 0) is 14.8 Å². The van der Waals surface area contributed by atoms with Crippen molar-refractivity contribution in [3.63, 3.8) is 0 Å². The normalized spacial score (nSPS) is 11.4. The van der Waals surface area contributed by atoms with Crippen LogP contribution >= 0.6 is 0 Å². The van der Waals surface area contributed by atoms with Crippen LogP contribution in [0.1, 0.15) is 13.8 Å². The second kappa shape index (κ2) is 7.22. The lowest BCUT2D eigenvalue weighted by Crippen LogP contribution is -2.38. The van der Waals surface area contributed by atoms with Gasteiger partial charge in [-0.1, -0.05) is 26.0 Å². The Bertz CT molecular complexity index is 558. The van der Waals surface area contributed by atoms with Gasteiger partial charge in [0.15, 0.2) is 0 Å². The molecule has 0 saturated carbocycles. The highest BCUT2D eigenvalue weighted by molar-refractivity contribution is 7.89. The zero-order chi connectivity index (χ0) is 15.2. The number of hydrogen-bond donors (Lipinski definition) is 4. The van der Waals surface area contributed by atoms with E-state index >= 15 is 0 Å². The van der Waals surface area contributed by atoms with E-state index in [1.165, 1.54) is 12.1 Å². The third kappa shape index (κ3) is 4.80. The van der Waals surface area contributed by atoms with Gasteiger partial charge in [0.2, 0.25) is 15.9 Å². The summed E-state index contributed by atoms with van der Waals surface area (Å²) in [5.74, 6) is 5.19. The molecular weight excluding hydrogens is 280 g/mol. The summed E-state index contributed by atoms with van der Waals surface area (Å²) in [6.45, 7) is 4.09. The standard InChI is InChI=1S/C12H20N4O3S/c1-9(2)7-14-12(17)8-15-20(18,19)11-6-4-3-5-10(11)16-13/h3-6,9,15-16H,7-8,13H2,1-2H3,(H,14,17). The fourth-order valence-corrected chi connectivity index (χ4v) is 2.59. The third-order valence-electron chi connectivity index (χ3n) is 2.46. The second-order valence-corrected chi connectivity index (χ2v) is 6.40. The molecule has 1 amide bonds. The van der Waals surface area contributed by atoms with Crippen molar-refractivity contribution in [2.75, 3.05) is 18.5 Å². The lowest BCUT2D eigenvalue weighted by molar-refractivity contribution is -0.120. The first-order chi connectivity index (χ1) is 9.36. The van der Waals surface area contributed by atoms with Gasteiger partial charge >= 0.3 is 0 Å². The molecule has 0 radical (unpaired) electrons. The fourth-order valence-electron chi connectivity index (χ4n) is 1.44. The minimum absolute atomic E-state index is 0.000778. The van der Waals surface area contributed by atoms with Gasteiger partial charge in [0.25, 0.3) is 0 Å². The SMILES string of the molecule is CC(C)CNC(=O)CNS(=O)(=O)c1ccccc1NN. The lowest BCUT2D eigenvalue weighted by atomic mass is 10.2. The van der Waals surface area contributed by atoms with Crippen molar-refractivity contribution >= 4 is 21.6 Å². The van der Waals surface area contributed by atoms with E-state index in [9.17, 15) is 13.2 Å². The van der Waals surface area contributed by atoms with E-state index < -0.39 is 10.0 Å². The highest BCUT2D eigenvalue weighted by atomic mass is 32.2. The summed E-state index contributed by atoms with van der Waals surface area (Å²) in [6, 6.07) is 6.18. The molecule has 0 aliphatic heterocycles. The van der Waals surface area contributed by atoms with Crippen LogP contribution in [0.3, 0.4) is 0 Å². The predicted molar refractivity (Wildman–Crippen MR) is 77.3 cm³/mol. The van der Waals surface area contributed by atoms with Gasteiger partial charge in [-0.15, -0.1) is 0 Å². The maximum absolute atomic E-state index is 12.1. The first-order valence-corrected chi connectivity index (χ1v) is 7.67. The summed E-state index contributed by atoms with van der Waals surface area (Å²) in [5.41, 5.74) is 2.58. The van der Waals surface area contributed by atoms with Gasteiger partial charge in [-0.2, -0.15) is 0 Å². The topological polar surface area (TPSA) is 113 Å². The lowest BCUT2D eigenvalue weighted by Gasteiger charge is -2.11. The van der Waals surface area contributed by atoms with E-state index in [0.29, 0.717) is 12.5 Å². The minimum atomic E-state index is -3.79. The summed E-state index contributed by atoms with van der Waals surface area (Å²) in [5, 5.41) is 2.63. The van der Waals surface area contributed by atoms with Gasteiger partial charge < -0.3 is 10.7 Å². The molecule has 1 aromatic carbocycles. The highest BCUT2D eigenvalue weighted by Gasteiger charge is 2.18. The Morgan fingerprint density at radius 3 is 2.55 bits per heavy atom. The number of nitrogens with one attached hydrogen (secondary N) is 3. The summed E-state index contributed by atoms with van der Waals surface area (Å²) < 4.78 is 26.4. The van der Waals surface area contributed by atoms with Gasteiger partial charge in [-0.05, 0) is 18.1 Å². The van der Waals surface area contributed by atoms with Crippen LogP contribution in [0.2, 0.25) is 0 Å². The van der Waals surface area contributed by atoms with Gasteiger partial charge in [0.05, 0.1) is 12.2 Å². The Morgan fingerprint density at radius 2 is 1.95 bits per heavy atom. The Kier molecular flexibility index (Phi) is 5.93. The molecule has 112 valence electrons. The van der Waals surface area contributed by atoms with Crippen molar-refractivity contribution in [1.29, 1.82) is 0 Å². The van der Waals surface area contributed by atoms with Gasteiger partial charge in [0, 0.05) is 6.54 Å². The van der Waals surface area contributed by atoms with Crippen LogP contribution in [0, 0.1) is 5.92 Å². The van der Waals surface area contributed by atoms with Crippen LogP contribution in [0.4, 0.5) is 5.69 Å². The predicted octanol–water partition coefficient (Wildman–Crippen LogP) is 0.0227. The van der Waals surface area contributed by atoms with E-state index in [4.69, 9.17) is 5.84 Å². The largest absolute Gasteiger partial charge is 0.355 e. The van der Waals surface area contributed by atoms with Gasteiger partial charge in [-0.25, -0.2) is 13.1 Å². The molecule has 0 heterocycles. The smallest absolute Gasteiger partial charge is 0.243 e. The maximum Gasteiger partial charge on any atom is 0.243 e. The molecule has 0 atom stereocenters. The van der Waals surface area contributed by atoms with E-state index in [1.54, 1.807) is 12.1 Å².